The third-order valence-electron chi connectivity index (χ3n) is 3.62. The summed E-state index contributed by atoms with van der Waals surface area (Å²) < 4.78 is 0. The number of nitrogens with one attached hydrogen (secondary N) is 1. The van der Waals surface area contributed by atoms with Gasteiger partial charge >= 0.3 is 0 Å². The first kappa shape index (κ1) is 15.3. The fourth-order valence-corrected chi connectivity index (χ4v) is 2.63. The summed E-state index contributed by atoms with van der Waals surface area (Å²) >= 11 is 6.34. The van der Waals surface area contributed by atoms with Crippen LogP contribution in [0.3, 0.4) is 0 Å². The highest BCUT2D eigenvalue weighted by atomic mass is 35.5. The van der Waals surface area contributed by atoms with Crippen LogP contribution in [0, 0.1) is 0 Å². The molecular weight excluding hydrogens is 274 g/mol. The first-order valence-corrected chi connectivity index (χ1v) is 7.49. The molecule has 0 spiro atoms. The Morgan fingerprint density at radius 2 is 2.20 bits per heavy atom. The van der Waals surface area contributed by atoms with Crippen molar-refractivity contribution in [3.05, 3.63) is 28.9 Å². The number of unbranched alkanes of at least 4 members (excludes halogenated alkanes) is 1. The number of halogens is 1. The van der Waals surface area contributed by atoms with E-state index in [-0.39, 0.29) is 0 Å². The molecule has 0 saturated carbocycles. The topological polar surface area (TPSA) is 52.1 Å². The maximum Gasteiger partial charge on any atom is 0.0816 e. The molecular formula is C15H22ClN3O. The number of rotatable bonds is 7. The van der Waals surface area contributed by atoms with Gasteiger partial charge in [0.25, 0.3) is 0 Å². The van der Waals surface area contributed by atoms with Crippen LogP contribution in [-0.4, -0.2) is 40.3 Å². The van der Waals surface area contributed by atoms with Crippen LogP contribution in [0.25, 0.3) is 10.9 Å². The van der Waals surface area contributed by atoms with Crippen LogP contribution in [-0.2, 0) is 0 Å². The van der Waals surface area contributed by atoms with E-state index in [9.17, 15) is 5.11 Å². The summed E-state index contributed by atoms with van der Waals surface area (Å²) in [4.78, 5) is 2.25. The number of aliphatic hydroxyl groups is 1. The van der Waals surface area contributed by atoms with Crippen LogP contribution in [0.4, 0.5) is 0 Å². The number of aromatic amines is 1. The molecule has 0 bridgehead atoms. The van der Waals surface area contributed by atoms with Gasteiger partial charge in [-0.05, 0) is 38.1 Å². The van der Waals surface area contributed by atoms with Gasteiger partial charge in [-0.2, -0.15) is 5.10 Å². The monoisotopic (exact) mass is 295 g/mol. The fourth-order valence-electron chi connectivity index (χ4n) is 2.30. The van der Waals surface area contributed by atoms with E-state index in [4.69, 9.17) is 11.6 Å². The number of hydrogen-bond acceptors (Lipinski definition) is 3. The second-order valence-corrected chi connectivity index (χ2v) is 5.64. The second-order valence-electron chi connectivity index (χ2n) is 5.26. The van der Waals surface area contributed by atoms with Gasteiger partial charge in [-0.1, -0.05) is 31.0 Å². The molecule has 0 radical (unpaired) electrons. The summed E-state index contributed by atoms with van der Waals surface area (Å²) in [6, 6.07) is 3.78. The smallest absolute Gasteiger partial charge is 0.0816 e. The van der Waals surface area contributed by atoms with Crippen LogP contribution in [0.2, 0.25) is 5.02 Å². The lowest BCUT2D eigenvalue weighted by molar-refractivity contribution is 0.149. The van der Waals surface area contributed by atoms with E-state index in [2.05, 4.69) is 29.1 Å². The fraction of sp³-hybridized carbons (Fsp3) is 0.533. The van der Waals surface area contributed by atoms with Crippen LogP contribution in [0.5, 0.6) is 0 Å². The highest BCUT2D eigenvalue weighted by molar-refractivity contribution is 6.36. The minimum Gasteiger partial charge on any atom is -0.388 e. The maximum atomic E-state index is 10.3. The summed E-state index contributed by atoms with van der Waals surface area (Å²) in [5.74, 6) is 0. The van der Waals surface area contributed by atoms with Crippen LogP contribution < -0.4 is 0 Å². The van der Waals surface area contributed by atoms with Crippen molar-refractivity contribution in [1.29, 1.82) is 0 Å². The quantitative estimate of drug-likeness (QED) is 0.823. The van der Waals surface area contributed by atoms with Gasteiger partial charge in [0.2, 0.25) is 0 Å². The van der Waals surface area contributed by atoms with Crippen molar-refractivity contribution in [3.8, 4) is 0 Å². The van der Waals surface area contributed by atoms with Gasteiger partial charge in [0.15, 0.2) is 0 Å². The number of fused-ring (bicyclic) bond motifs is 1. The zero-order valence-electron chi connectivity index (χ0n) is 12.1. The highest BCUT2D eigenvalue weighted by Crippen LogP contribution is 2.31. The molecule has 1 heterocycles. The van der Waals surface area contributed by atoms with Gasteiger partial charge in [-0.3, -0.25) is 5.10 Å². The van der Waals surface area contributed by atoms with Crippen molar-refractivity contribution in [2.75, 3.05) is 20.1 Å². The van der Waals surface area contributed by atoms with Gasteiger partial charge in [0.05, 0.1) is 22.8 Å². The molecule has 1 unspecified atom stereocenters. The molecule has 4 nitrogen and oxygen atoms in total. The minimum atomic E-state index is -0.536. The van der Waals surface area contributed by atoms with Crippen molar-refractivity contribution in [2.45, 2.75) is 32.3 Å². The number of hydrogen-bond donors (Lipinski definition) is 2. The number of aromatic nitrogens is 2. The van der Waals surface area contributed by atoms with E-state index >= 15 is 0 Å². The Morgan fingerprint density at radius 3 is 2.95 bits per heavy atom. The normalized spacial score (nSPS) is 13.2. The average molecular weight is 296 g/mol. The van der Waals surface area contributed by atoms with Crippen molar-refractivity contribution in [2.24, 2.45) is 0 Å². The van der Waals surface area contributed by atoms with Crippen LogP contribution in [0.15, 0.2) is 18.3 Å². The number of nitrogens with zero attached hydrogens (tertiary/aromatic N) is 2. The zero-order chi connectivity index (χ0) is 14.5. The third kappa shape index (κ3) is 3.51. The summed E-state index contributed by atoms with van der Waals surface area (Å²) in [6.45, 7) is 4.11. The Hall–Kier alpha value is -1.10. The van der Waals surface area contributed by atoms with Gasteiger partial charge in [0, 0.05) is 11.9 Å². The molecule has 0 aliphatic rings. The molecule has 110 valence electrons. The maximum absolute atomic E-state index is 10.3. The molecule has 0 saturated heterocycles. The first-order valence-electron chi connectivity index (χ1n) is 7.11. The molecule has 20 heavy (non-hydrogen) atoms. The van der Waals surface area contributed by atoms with Gasteiger partial charge < -0.3 is 10.0 Å². The number of H-pyrrole nitrogens is 1. The van der Waals surface area contributed by atoms with E-state index < -0.39 is 6.10 Å². The Labute approximate surface area is 124 Å². The molecule has 1 aromatic carbocycles. The summed E-state index contributed by atoms with van der Waals surface area (Å²) in [5, 5.41) is 18.6. The Bertz CT molecular complexity index is 555. The van der Waals surface area contributed by atoms with E-state index in [1.54, 1.807) is 6.20 Å². The second kappa shape index (κ2) is 7.07. The van der Waals surface area contributed by atoms with Gasteiger partial charge in [-0.15, -0.1) is 0 Å². The predicted octanol–water partition coefficient (Wildman–Crippen LogP) is 3.37. The van der Waals surface area contributed by atoms with Gasteiger partial charge in [-0.25, -0.2) is 0 Å². The van der Waals surface area contributed by atoms with Crippen molar-refractivity contribution < 1.29 is 5.11 Å². The molecule has 0 aliphatic heterocycles. The molecule has 0 amide bonds. The Morgan fingerprint density at radius 1 is 1.40 bits per heavy atom. The zero-order valence-corrected chi connectivity index (χ0v) is 12.8. The molecule has 1 aromatic heterocycles. The lowest BCUT2D eigenvalue weighted by atomic mass is 10.0. The molecule has 1 atom stereocenters. The van der Waals surface area contributed by atoms with Gasteiger partial charge in [0.1, 0.15) is 0 Å². The molecule has 0 aliphatic carbocycles. The van der Waals surface area contributed by atoms with Crippen LogP contribution >= 0.6 is 11.6 Å². The number of benzene rings is 1. The average Bonchev–Trinajstić information content (AvgIpc) is 2.92. The van der Waals surface area contributed by atoms with E-state index in [1.165, 1.54) is 12.8 Å². The SMILES string of the molecule is CCCCN(C)CCC(O)c1ccc2[nH]ncc2c1Cl. The van der Waals surface area contributed by atoms with E-state index in [1.807, 2.05) is 12.1 Å². The standard InChI is InChI=1S/C15H22ClN3O/c1-3-4-8-19(2)9-7-14(20)11-5-6-13-12(15(11)16)10-17-18-13/h5-6,10,14,20H,3-4,7-9H2,1-2H3,(H,17,18). The first-order chi connectivity index (χ1) is 9.63. The van der Waals surface area contributed by atoms with Crippen molar-refractivity contribution in [3.63, 3.8) is 0 Å². The highest BCUT2D eigenvalue weighted by Gasteiger charge is 2.15. The van der Waals surface area contributed by atoms with E-state index in [0.29, 0.717) is 11.4 Å². The predicted molar refractivity (Wildman–Crippen MR) is 83.1 cm³/mol. The molecule has 2 rings (SSSR count). The minimum absolute atomic E-state index is 0.536. The lowest BCUT2D eigenvalue weighted by Gasteiger charge is -2.19. The lowest BCUT2D eigenvalue weighted by Crippen LogP contribution is -2.22. The molecule has 2 N–H and O–H groups in total. The van der Waals surface area contributed by atoms with Crippen molar-refractivity contribution >= 4 is 22.5 Å². The third-order valence-corrected chi connectivity index (χ3v) is 4.05. The summed E-state index contributed by atoms with van der Waals surface area (Å²) in [7, 11) is 2.09. The Balaban J connectivity index is 2.00. The molecule has 2 aromatic rings. The Kier molecular flexibility index (Phi) is 5.40. The largest absolute Gasteiger partial charge is 0.388 e. The van der Waals surface area contributed by atoms with E-state index in [0.717, 1.165) is 29.6 Å². The number of aliphatic hydroxyl groups excluding tert-OH is 1. The van der Waals surface area contributed by atoms with Crippen molar-refractivity contribution in [1.82, 2.24) is 15.1 Å². The van der Waals surface area contributed by atoms with Crippen LogP contribution in [0.1, 0.15) is 37.9 Å². The summed E-state index contributed by atoms with van der Waals surface area (Å²) in [6.07, 6.45) is 4.22. The molecule has 0 fully saturated rings. The summed E-state index contributed by atoms with van der Waals surface area (Å²) in [5.41, 5.74) is 1.68. The molecule has 5 heteroatoms.